The highest BCUT2D eigenvalue weighted by molar-refractivity contribution is 5.50. The minimum atomic E-state index is 0.0219. The summed E-state index contributed by atoms with van der Waals surface area (Å²) in [5.74, 6) is 0.882. The van der Waals surface area contributed by atoms with Crippen molar-refractivity contribution in [1.29, 1.82) is 0 Å². The van der Waals surface area contributed by atoms with Crippen molar-refractivity contribution in [1.82, 2.24) is 0 Å². The Hall–Kier alpha value is -1.22. The molecule has 0 aromatic heterocycles. The highest BCUT2D eigenvalue weighted by Gasteiger charge is 2.38. The number of hydrogen-bond acceptors (Lipinski definition) is 3. The van der Waals surface area contributed by atoms with E-state index in [1.165, 1.54) is 12.8 Å². The fraction of sp³-hybridized carbons (Fsp3) is 0.625. The molecule has 19 heavy (non-hydrogen) atoms. The Morgan fingerprint density at radius 1 is 1.32 bits per heavy atom. The van der Waals surface area contributed by atoms with Gasteiger partial charge in [0.05, 0.1) is 12.6 Å². The van der Waals surface area contributed by atoms with E-state index in [0.717, 1.165) is 24.3 Å². The first-order valence-corrected chi connectivity index (χ1v) is 7.11. The standard InChI is InChI=1S/C16H26N2O/c1-15(2)8-5-9-16(11-15,12-17)18-13-6-4-7-14(10-13)19-3/h4,6-7,10,18H,5,8-9,11-12,17H2,1-3H3. The summed E-state index contributed by atoms with van der Waals surface area (Å²) in [5.41, 5.74) is 7.57. The van der Waals surface area contributed by atoms with Crippen molar-refractivity contribution in [2.75, 3.05) is 19.0 Å². The van der Waals surface area contributed by atoms with E-state index in [0.29, 0.717) is 12.0 Å². The number of hydrogen-bond donors (Lipinski definition) is 2. The summed E-state index contributed by atoms with van der Waals surface area (Å²) in [6.45, 7) is 5.35. The number of ether oxygens (including phenoxy) is 1. The first-order valence-electron chi connectivity index (χ1n) is 7.11. The number of nitrogens with one attached hydrogen (secondary N) is 1. The summed E-state index contributed by atoms with van der Waals surface area (Å²) in [6, 6.07) is 8.10. The van der Waals surface area contributed by atoms with Crippen LogP contribution in [0.4, 0.5) is 5.69 Å². The molecule has 0 heterocycles. The molecular weight excluding hydrogens is 236 g/mol. The van der Waals surface area contributed by atoms with Gasteiger partial charge in [0.25, 0.3) is 0 Å². The van der Waals surface area contributed by atoms with Crippen LogP contribution in [0.2, 0.25) is 0 Å². The van der Waals surface area contributed by atoms with Crippen LogP contribution in [-0.2, 0) is 0 Å². The minimum absolute atomic E-state index is 0.0219. The molecule has 0 bridgehead atoms. The molecule has 1 unspecified atom stereocenters. The normalized spacial score (nSPS) is 25.9. The second kappa shape index (κ2) is 5.41. The van der Waals surface area contributed by atoms with Gasteiger partial charge in [0, 0.05) is 18.3 Å². The zero-order valence-corrected chi connectivity index (χ0v) is 12.3. The molecule has 3 heteroatoms. The molecule has 0 radical (unpaired) electrons. The number of anilines is 1. The molecule has 3 nitrogen and oxygen atoms in total. The zero-order valence-electron chi connectivity index (χ0n) is 12.3. The first kappa shape index (κ1) is 14.2. The Morgan fingerprint density at radius 2 is 2.11 bits per heavy atom. The Balaban J connectivity index is 2.17. The maximum Gasteiger partial charge on any atom is 0.120 e. The van der Waals surface area contributed by atoms with Gasteiger partial charge in [-0.05, 0) is 36.8 Å². The average Bonchev–Trinajstić information content (AvgIpc) is 2.38. The summed E-state index contributed by atoms with van der Waals surface area (Å²) < 4.78 is 5.28. The van der Waals surface area contributed by atoms with Gasteiger partial charge in [-0.25, -0.2) is 0 Å². The van der Waals surface area contributed by atoms with Crippen molar-refractivity contribution in [3.05, 3.63) is 24.3 Å². The lowest BCUT2D eigenvalue weighted by Crippen LogP contribution is -2.50. The van der Waals surface area contributed by atoms with E-state index < -0.39 is 0 Å². The van der Waals surface area contributed by atoms with Crippen LogP contribution >= 0.6 is 0 Å². The molecular formula is C16H26N2O. The van der Waals surface area contributed by atoms with Gasteiger partial charge in [-0.1, -0.05) is 26.3 Å². The monoisotopic (exact) mass is 262 g/mol. The van der Waals surface area contributed by atoms with E-state index in [9.17, 15) is 0 Å². The second-order valence-corrected chi connectivity index (χ2v) is 6.54. The molecule has 0 spiro atoms. The Kier molecular flexibility index (Phi) is 4.04. The Labute approximate surface area is 116 Å². The third kappa shape index (κ3) is 3.41. The molecule has 2 rings (SSSR count). The van der Waals surface area contributed by atoms with Gasteiger partial charge in [-0.2, -0.15) is 0 Å². The van der Waals surface area contributed by atoms with Crippen LogP contribution in [-0.4, -0.2) is 19.2 Å². The quantitative estimate of drug-likeness (QED) is 0.874. The number of methoxy groups -OCH3 is 1. The van der Waals surface area contributed by atoms with Gasteiger partial charge >= 0.3 is 0 Å². The van der Waals surface area contributed by atoms with Crippen molar-refractivity contribution in [3.8, 4) is 5.75 Å². The zero-order chi connectivity index (χ0) is 13.9. The predicted octanol–water partition coefficient (Wildman–Crippen LogP) is 3.40. The van der Waals surface area contributed by atoms with Crippen LogP contribution in [0.1, 0.15) is 39.5 Å². The molecule has 1 aliphatic carbocycles. The summed E-state index contributed by atoms with van der Waals surface area (Å²) in [6.07, 6.45) is 4.79. The van der Waals surface area contributed by atoms with Crippen molar-refractivity contribution in [2.45, 2.75) is 45.1 Å². The Morgan fingerprint density at radius 3 is 2.74 bits per heavy atom. The lowest BCUT2D eigenvalue weighted by atomic mass is 9.68. The maximum atomic E-state index is 6.08. The Bertz CT molecular complexity index is 431. The molecule has 106 valence electrons. The molecule has 0 amide bonds. The third-order valence-corrected chi connectivity index (χ3v) is 4.20. The summed E-state index contributed by atoms with van der Waals surface area (Å²) in [5, 5.41) is 3.67. The van der Waals surface area contributed by atoms with Gasteiger partial charge in [0.15, 0.2) is 0 Å². The number of rotatable bonds is 4. The number of nitrogens with two attached hydrogens (primary N) is 1. The van der Waals surface area contributed by atoms with Crippen LogP contribution in [0.3, 0.4) is 0 Å². The van der Waals surface area contributed by atoms with Crippen LogP contribution in [0.5, 0.6) is 5.75 Å². The molecule has 1 atom stereocenters. The maximum absolute atomic E-state index is 6.08. The van der Waals surface area contributed by atoms with Crippen molar-refractivity contribution in [2.24, 2.45) is 11.1 Å². The average molecular weight is 262 g/mol. The van der Waals surface area contributed by atoms with E-state index in [1.807, 2.05) is 18.2 Å². The minimum Gasteiger partial charge on any atom is -0.497 e. The predicted molar refractivity (Wildman–Crippen MR) is 80.7 cm³/mol. The van der Waals surface area contributed by atoms with Crippen LogP contribution < -0.4 is 15.8 Å². The van der Waals surface area contributed by atoms with Gasteiger partial charge in [-0.15, -0.1) is 0 Å². The largest absolute Gasteiger partial charge is 0.497 e. The second-order valence-electron chi connectivity index (χ2n) is 6.54. The van der Waals surface area contributed by atoms with E-state index >= 15 is 0 Å². The van der Waals surface area contributed by atoms with Crippen molar-refractivity contribution < 1.29 is 4.74 Å². The number of benzene rings is 1. The SMILES string of the molecule is COc1cccc(NC2(CN)CCCC(C)(C)C2)c1. The van der Waals surface area contributed by atoms with Gasteiger partial charge in [0.1, 0.15) is 5.75 Å². The highest BCUT2D eigenvalue weighted by Crippen LogP contribution is 2.42. The highest BCUT2D eigenvalue weighted by atomic mass is 16.5. The van der Waals surface area contributed by atoms with Crippen LogP contribution in [0, 0.1) is 5.41 Å². The first-order chi connectivity index (χ1) is 8.99. The molecule has 1 aromatic rings. The van der Waals surface area contributed by atoms with E-state index in [-0.39, 0.29) is 5.54 Å². The molecule has 1 aromatic carbocycles. The third-order valence-electron chi connectivity index (χ3n) is 4.20. The van der Waals surface area contributed by atoms with Gasteiger partial charge < -0.3 is 15.8 Å². The molecule has 0 aliphatic heterocycles. The van der Waals surface area contributed by atoms with Crippen molar-refractivity contribution >= 4 is 5.69 Å². The summed E-state index contributed by atoms with van der Waals surface area (Å²) in [7, 11) is 1.70. The summed E-state index contributed by atoms with van der Waals surface area (Å²) in [4.78, 5) is 0. The molecule has 1 saturated carbocycles. The smallest absolute Gasteiger partial charge is 0.120 e. The summed E-state index contributed by atoms with van der Waals surface area (Å²) >= 11 is 0. The molecule has 1 fully saturated rings. The van der Waals surface area contributed by atoms with E-state index in [1.54, 1.807) is 7.11 Å². The van der Waals surface area contributed by atoms with E-state index in [4.69, 9.17) is 10.5 Å². The molecule has 0 saturated heterocycles. The lowest BCUT2D eigenvalue weighted by molar-refractivity contribution is 0.170. The van der Waals surface area contributed by atoms with Crippen molar-refractivity contribution in [3.63, 3.8) is 0 Å². The fourth-order valence-corrected chi connectivity index (χ4v) is 3.34. The van der Waals surface area contributed by atoms with Gasteiger partial charge in [0.2, 0.25) is 0 Å². The van der Waals surface area contributed by atoms with Crippen LogP contribution in [0.15, 0.2) is 24.3 Å². The fourth-order valence-electron chi connectivity index (χ4n) is 3.34. The van der Waals surface area contributed by atoms with Crippen LogP contribution in [0.25, 0.3) is 0 Å². The lowest BCUT2D eigenvalue weighted by Gasteiger charge is -2.45. The molecule has 1 aliphatic rings. The van der Waals surface area contributed by atoms with E-state index in [2.05, 4.69) is 25.2 Å². The topological polar surface area (TPSA) is 47.3 Å². The molecule has 3 N–H and O–H groups in total. The van der Waals surface area contributed by atoms with Gasteiger partial charge in [-0.3, -0.25) is 0 Å².